The van der Waals surface area contributed by atoms with E-state index in [1.54, 1.807) is 18.2 Å². The summed E-state index contributed by atoms with van der Waals surface area (Å²) in [6.07, 6.45) is 0.970. The summed E-state index contributed by atoms with van der Waals surface area (Å²) >= 11 is 0. The molecule has 2 aromatic carbocycles. The van der Waals surface area contributed by atoms with E-state index in [9.17, 15) is 8.42 Å². The minimum atomic E-state index is -3.60. The van der Waals surface area contributed by atoms with Gasteiger partial charge >= 0.3 is 0 Å². The molecule has 1 aliphatic heterocycles. The van der Waals surface area contributed by atoms with Crippen LogP contribution in [0.3, 0.4) is 0 Å². The Morgan fingerprint density at radius 2 is 1.69 bits per heavy atom. The summed E-state index contributed by atoms with van der Waals surface area (Å²) in [6.45, 7) is 3.32. The maximum absolute atomic E-state index is 13.0. The minimum absolute atomic E-state index is 0.161. The molecule has 7 nitrogen and oxygen atoms in total. The van der Waals surface area contributed by atoms with Crippen molar-refractivity contribution in [2.75, 3.05) is 32.7 Å². The van der Waals surface area contributed by atoms with Gasteiger partial charge in [0, 0.05) is 32.7 Å². The molecule has 1 aromatic heterocycles. The first-order valence-electron chi connectivity index (χ1n) is 8.62. The summed E-state index contributed by atoms with van der Waals surface area (Å²) in [5.74, 6) is 0. The van der Waals surface area contributed by atoms with Crippen molar-refractivity contribution in [3.05, 3.63) is 54.1 Å². The minimum Gasteiger partial charge on any atom is -0.300 e. The standard InChI is InChI=1S/C18H20N4O3S/c23-26(24,17-8-4-7-16-18(17)20-25-19-16)22-13-11-21(12-14-22)10-9-15-5-2-1-3-6-15/h1-8H,9-14H2. The maximum atomic E-state index is 13.0. The normalized spacial score (nSPS) is 16.9. The van der Waals surface area contributed by atoms with Gasteiger partial charge in [-0.25, -0.2) is 13.0 Å². The number of benzene rings is 2. The molecule has 3 aromatic rings. The SMILES string of the molecule is O=S(=O)(c1cccc2nonc12)N1CCN(CCc2ccccc2)CC1. The van der Waals surface area contributed by atoms with Crippen LogP contribution >= 0.6 is 0 Å². The predicted octanol–water partition coefficient (Wildman–Crippen LogP) is 1.77. The number of aromatic nitrogens is 2. The van der Waals surface area contributed by atoms with Crippen molar-refractivity contribution in [2.45, 2.75) is 11.3 Å². The Kier molecular flexibility index (Phi) is 4.71. The molecule has 0 saturated carbocycles. The first-order valence-corrected chi connectivity index (χ1v) is 10.1. The fraction of sp³-hybridized carbons (Fsp3) is 0.333. The van der Waals surface area contributed by atoms with E-state index in [2.05, 4.69) is 32.0 Å². The van der Waals surface area contributed by atoms with Crippen molar-refractivity contribution >= 4 is 21.1 Å². The molecule has 0 spiro atoms. The Morgan fingerprint density at radius 3 is 2.46 bits per heavy atom. The quantitative estimate of drug-likeness (QED) is 0.679. The van der Waals surface area contributed by atoms with Gasteiger partial charge in [-0.1, -0.05) is 36.4 Å². The Morgan fingerprint density at radius 1 is 0.923 bits per heavy atom. The third kappa shape index (κ3) is 3.35. The van der Waals surface area contributed by atoms with E-state index in [0.29, 0.717) is 24.1 Å². The molecule has 0 radical (unpaired) electrons. The average Bonchev–Trinajstić information content (AvgIpc) is 3.16. The maximum Gasteiger partial charge on any atom is 0.245 e. The van der Waals surface area contributed by atoms with Gasteiger partial charge in [-0.3, -0.25) is 0 Å². The summed E-state index contributed by atoms with van der Waals surface area (Å²) in [5.41, 5.74) is 2.04. The lowest BCUT2D eigenvalue weighted by molar-refractivity contribution is 0.190. The van der Waals surface area contributed by atoms with Crippen LogP contribution in [0.15, 0.2) is 58.1 Å². The van der Waals surface area contributed by atoms with Crippen molar-refractivity contribution in [2.24, 2.45) is 0 Å². The van der Waals surface area contributed by atoms with E-state index in [1.807, 2.05) is 18.2 Å². The average molecular weight is 372 g/mol. The molecular weight excluding hydrogens is 352 g/mol. The molecule has 2 heterocycles. The second-order valence-corrected chi connectivity index (χ2v) is 8.28. The Labute approximate surface area is 152 Å². The fourth-order valence-corrected chi connectivity index (χ4v) is 4.81. The lowest BCUT2D eigenvalue weighted by Gasteiger charge is -2.33. The molecule has 0 bridgehead atoms. The highest BCUT2D eigenvalue weighted by Crippen LogP contribution is 2.24. The summed E-state index contributed by atoms with van der Waals surface area (Å²) < 4.78 is 32.2. The molecule has 8 heteroatoms. The van der Waals surface area contributed by atoms with Crippen LogP contribution < -0.4 is 0 Å². The zero-order valence-corrected chi connectivity index (χ0v) is 15.1. The number of hydrogen-bond acceptors (Lipinski definition) is 6. The number of fused-ring (bicyclic) bond motifs is 1. The van der Waals surface area contributed by atoms with Crippen LogP contribution in [0.4, 0.5) is 0 Å². The summed E-state index contributed by atoms with van der Waals surface area (Å²) in [6, 6.07) is 15.2. The molecule has 1 aliphatic rings. The van der Waals surface area contributed by atoms with Gasteiger partial charge < -0.3 is 4.90 Å². The zero-order chi connectivity index (χ0) is 18.0. The third-order valence-corrected chi connectivity index (χ3v) is 6.69. The largest absolute Gasteiger partial charge is 0.300 e. The highest BCUT2D eigenvalue weighted by atomic mass is 32.2. The molecule has 0 atom stereocenters. The second-order valence-electron chi connectivity index (χ2n) is 6.37. The number of rotatable bonds is 5. The van der Waals surface area contributed by atoms with Crippen LogP contribution in [-0.4, -0.2) is 60.7 Å². The molecule has 1 fully saturated rings. The van der Waals surface area contributed by atoms with E-state index in [-0.39, 0.29) is 4.90 Å². The molecule has 0 unspecified atom stereocenters. The fourth-order valence-electron chi connectivity index (χ4n) is 3.25. The van der Waals surface area contributed by atoms with Gasteiger partial charge in [-0.2, -0.15) is 4.31 Å². The van der Waals surface area contributed by atoms with Gasteiger partial charge in [0.2, 0.25) is 10.0 Å². The van der Waals surface area contributed by atoms with E-state index in [0.717, 1.165) is 26.1 Å². The molecule has 0 N–H and O–H groups in total. The predicted molar refractivity (Wildman–Crippen MR) is 97.1 cm³/mol. The summed E-state index contributed by atoms with van der Waals surface area (Å²) in [5, 5.41) is 7.48. The lowest BCUT2D eigenvalue weighted by Crippen LogP contribution is -2.49. The van der Waals surface area contributed by atoms with Crippen molar-refractivity contribution in [3.63, 3.8) is 0 Å². The highest BCUT2D eigenvalue weighted by molar-refractivity contribution is 7.89. The van der Waals surface area contributed by atoms with Crippen LogP contribution in [0, 0.1) is 0 Å². The van der Waals surface area contributed by atoms with E-state index >= 15 is 0 Å². The van der Waals surface area contributed by atoms with Crippen molar-refractivity contribution < 1.29 is 13.0 Å². The molecule has 1 saturated heterocycles. The Balaban J connectivity index is 1.42. The lowest BCUT2D eigenvalue weighted by atomic mass is 10.1. The van der Waals surface area contributed by atoms with E-state index < -0.39 is 10.0 Å². The molecule has 0 amide bonds. The number of piperazine rings is 1. The van der Waals surface area contributed by atoms with Crippen molar-refractivity contribution in [1.82, 2.24) is 19.5 Å². The summed E-state index contributed by atoms with van der Waals surface area (Å²) in [4.78, 5) is 2.46. The topological polar surface area (TPSA) is 79.5 Å². The van der Waals surface area contributed by atoms with Crippen LogP contribution in [0.2, 0.25) is 0 Å². The van der Waals surface area contributed by atoms with Crippen molar-refractivity contribution in [1.29, 1.82) is 0 Å². The molecule has 26 heavy (non-hydrogen) atoms. The van der Waals surface area contributed by atoms with Gasteiger partial charge in [0.05, 0.1) is 0 Å². The van der Waals surface area contributed by atoms with E-state index in [1.165, 1.54) is 9.87 Å². The van der Waals surface area contributed by atoms with Gasteiger partial charge in [0.15, 0.2) is 5.52 Å². The molecular formula is C18H20N4O3S. The third-order valence-electron chi connectivity index (χ3n) is 4.76. The molecule has 4 rings (SSSR count). The van der Waals surface area contributed by atoms with Crippen LogP contribution in [0.5, 0.6) is 0 Å². The number of sulfonamides is 1. The van der Waals surface area contributed by atoms with Gasteiger partial charge in [-0.05, 0) is 34.4 Å². The van der Waals surface area contributed by atoms with E-state index in [4.69, 9.17) is 0 Å². The second kappa shape index (κ2) is 7.14. The van der Waals surface area contributed by atoms with Crippen LogP contribution in [0.25, 0.3) is 11.0 Å². The van der Waals surface area contributed by atoms with Crippen molar-refractivity contribution in [3.8, 4) is 0 Å². The Hall–Kier alpha value is -2.29. The first-order chi connectivity index (χ1) is 12.6. The van der Waals surface area contributed by atoms with Gasteiger partial charge in [0.1, 0.15) is 10.4 Å². The molecule has 0 aliphatic carbocycles. The molecule has 136 valence electrons. The first kappa shape index (κ1) is 17.1. The highest BCUT2D eigenvalue weighted by Gasteiger charge is 2.30. The smallest absolute Gasteiger partial charge is 0.245 e. The summed E-state index contributed by atoms with van der Waals surface area (Å²) in [7, 11) is -3.60. The van der Waals surface area contributed by atoms with Gasteiger partial charge in [-0.15, -0.1) is 0 Å². The number of hydrogen-bond donors (Lipinski definition) is 0. The van der Waals surface area contributed by atoms with Crippen LogP contribution in [-0.2, 0) is 16.4 Å². The monoisotopic (exact) mass is 372 g/mol. The van der Waals surface area contributed by atoms with Gasteiger partial charge in [0.25, 0.3) is 0 Å². The van der Waals surface area contributed by atoms with Crippen LogP contribution in [0.1, 0.15) is 5.56 Å². The zero-order valence-electron chi connectivity index (χ0n) is 14.3. The Bertz CT molecular complexity index is 980. The number of nitrogens with zero attached hydrogens (tertiary/aromatic N) is 4.